The number of hydrogen-bond acceptors (Lipinski definition) is 5. The second-order valence-electron chi connectivity index (χ2n) is 4.55. The van der Waals surface area contributed by atoms with Crippen molar-refractivity contribution in [1.82, 2.24) is 0 Å². The number of amidine groups is 1. The molecule has 0 unspecified atom stereocenters. The molecule has 0 radical (unpaired) electrons. The number of nitrogens with zero attached hydrogens (tertiary/aromatic N) is 2. The molecule has 2 aromatic rings. The summed E-state index contributed by atoms with van der Waals surface area (Å²) < 4.78 is 0. The Labute approximate surface area is 142 Å². The summed E-state index contributed by atoms with van der Waals surface area (Å²) in [5.74, 6) is -0.915. The van der Waals surface area contributed by atoms with Crippen LogP contribution < -0.4 is 5.73 Å². The smallest absolute Gasteiger partial charge is 0.358 e. The fourth-order valence-corrected chi connectivity index (χ4v) is 1.92. The molecule has 0 aliphatic carbocycles. The van der Waals surface area contributed by atoms with Gasteiger partial charge in [0.25, 0.3) is 5.69 Å². The minimum atomic E-state index is -0.761. The van der Waals surface area contributed by atoms with Crippen molar-refractivity contribution in [2.45, 2.75) is 0 Å². The summed E-state index contributed by atoms with van der Waals surface area (Å²) in [6, 6.07) is 12.5. The van der Waals surface area contributed by atoms with Crippen LogP contribution in [0.25, 0.3) is 6.08 Å². The van der Waals surface area contributed by atoms with Gasteiger partial charge in [-0.15, -0.1) is 0 Å². The second-order valence-corrected chi connectivity index (χ2v) is 4.96. The highest BCUT2D eigenvalue weighted by Gasteiger charge is 2.08. The lowest BCUT2D eigenvalue weighted by Crippen LogP contribution is -2.15. The molecule has 8 heteroatoms. The van der Waals surface area contributed by atoms with Crippen LogP contribution >= 0.6 is 11.6 Å². The number of carbonyl (C=O) groups excluding carboxylic acids is 1. The van der Waals surface area contributed by atoms with E-state index in [1.165, 1.54) is 30.3 Å². The molecule has 0 aliphatic rings. The topological polar surface area (TPSA) is 108 Å². The third-order valence-electron chi connectivity index (χ3n) is 2.89. The highest BCUT2D eigenvalue weighted by Crippen LogP contribution is 2.16. The average Bonchev–Trinajstić information content (AvgIpc) is 2.59. The summed E-state index contributed by atoms with van der Waals surface area (Å²) in [6.45, 7) is 0. The fourth-order valence-electron chi connectivity index (χ4n) is 1.72. The Balaban J connectivity index is 2.04. The number of hydrogen-bond donors (Lipinski definition) is 1. The zero-order valence-corrected chi connectivity index (χ0v) is 13.0. The van der Waals surface area contributed by atoms with E-state index in [2.05, 4.69) is 9.99 Å². The van der Waals surface area contributed by atoms with Crippen LogP contribution in [0.2, 0.25) is 5.02 Å². The van der Waals surface area contributed by atoms with Gasteiger partial charge in [-0.2, -0.15) is 0 Å². The van der Waals surface area contributed by atoms with E-state index in [1.807, 2.05) is 0 Å². The Morgan fingerprint density at radius 2 is 2.00 bits per heavy atom. The zero-order valence-electron chi connectivity index (χ0n) is 12.3. The SMILES string of the molecule is N/C(=N\OC(=O)C=Cc1ccccc1Cl)c1cccc([N+](=O)[O-])c1. The molecule has 0 aromatic heterocycles. The van der Waals surface area contributed by atoms with Crippen molar-refractivity contribution in [2.24, 2.45) is 10.9 Å². The van der Waals surface area contributed by atoms with Crippen LogP contribution in [0.3, 0.4) is 0 Å². The summed E-state index contributed by atoms with van der Waals surface area (Å²) in [5, 5.41) is 14.7. The summed E-state index contributed by atoms with van der Waals surface area (Å²) in [6.07, 6.45) is 2.62. The van der Waals surface area contributed by atoms with Gasteiger partial charge < -0.3 is 10.6 Å². The van der Waals surface area contributed by atoms with Gasteiger partial charge in [0.05, 0.1) is 4.92 Å². The van der Waals surface area contributed by atoms with E-state index in [0.29, 0.717) is 10.6 Å². The quantitative estimate of drug-likeness (QED) is 0.224. The van der Waals surface area contributed by atoms with Gasteiger partial charge in [-0.05, 0) is 17.7 Å². The number of rotatable bonds is 5. The van der Waals surface area contributed by atoms with E-state index < -0.39 is 10.9 Å². The highest BCUT2D eigenvalue weighted by atomic mass is 35.5. The number of carbonyl (C=O) groups is 1. The molecule has 24 heavy (non-hydrogen) atoms. The van der Waals surface area contributed by atoms with Gasteiger partial charge in [-0.1, -0.05) is 47.1 Å². The Hall–Kier alpha value is -3.19. The van der Waals surface area contributed by atoms with Crippen molar-refractivity contribution >= 4 is 35.2 Å². The minimum absolute atomic E-state index is 0.143. The van der Waals surface area contributed by atoms with Gasteiger partial charge in [0.2, 0.25) is 0 Å². The Bertz CT molecular complexity index is 834. The molecule has 2 aromatic carbocycles. The predicted octanol–water partition coefficient (Wildman–Crippen LogP) is 3.13. The molecule has 0 spiro atoms. The predicted molar refractivity (Wildman–Crippen MR) is 90.4 cm³/mol. The molecule has 0 atom stereocenters. The van der Waals surface area contributed by atoms with Crippen LogP contribution in [-0.2, 0) is 9.63 Å². The molecule has 0 saturated carbocycles. The lowest BCUT2D eigenvalue weighted by Gasteiger charge is -2.00. The molecule has 0 heterocycles. The van der Waals surface area contributed by atoms with Crippen molar-refractivity contribution in [1.29, 1.82) is 0 Å². The van der Waals surface area contributed by atoms with Crippen LogP contribution in [0.1, 0.15) is 11.1 Å². The number of benzene rings is 2. The second kappa shape index (κ2) is 7.89. The van der Waals surface area contributed by atoms with E-state index in [1.54, 1.807) is 24.3 Å². The van der Waals surface area contributed by atoms with Crippen molar-refractivity contribution in [3.05, 3.63) is 80.9 Å². The van der Waals surface area contributed by atoms with Crippen LogP contribution in [-0.4, -0.2) is 16.7 Å². The molecule has 7 nitrogen and oxygen atoms in total. The van der Waals surface area contributed by atoms with Crippen LogP contribution in [0.5, 0.6) is 0 Å². The molecule has 0 saturated heterocycles. The maximum atomic E-state index is 11.6. The maximum absolute atomic E-state index is 11.6. The normalized spacial score (nSPS) is 11.5. The van der Waals surface area contributed by atoms with E-state index in [-0.39, 0.29) is 17.1 Å². The first-order valence-corrected chi connectivity index (χ1v) is 7.07. The zero-order chi connectivity index (χ0) is 17.5. The van der Waals surface area contributed by atoms with Crippen molar-refractivity contribution < 1.29 is 14.6 Å². The number of halogens is 1. The highest BCUT2D eigenvalue weighted by molar-refractivity contribution is 6.32. The van der Waals surface area contributed by atoms with Gasteiger partial charge in [-0.3, -0.25) is 10.1 Å². The van der Waals surface area contributed by atoms with Crippen LogP contribution in [0.15, 0.2) is 59.8 Å². The van der Waals surface area contributed by atoms with Crippen LogP contribution in [0.4, 0.5) is 5.69 Å². The molecular weight excluding hydrogens is 334 g/mol. The summed E-state index contributed by atoms with van der Waals surface area (Å²) >= 11 is 5.95. The average molecular weight is 346 g/mol. The number of nitrogens with two attached hydrogens (primary N) is 1. The molecule has 122 valence electrons. The first-order valence-electron chi connectivity index (χ1n) is 6.69. The van der Waals surface area contributed by atoms with Crippen molar-refractivity contribution in [2.75, 3.05) is 0 Å². The number of oxime groups is 1. The van der Waals surface area contributed by atoms with Gasteiger partial charge in [-0.25, -0.2) is 4.79 Å². The first-order chi connectivity index (χ1) is 11.5. The summed E-state index contributed by atoms with van der Waals surface area (Å²) in [4.78, 5) is 26.4. The van der Waals surface area contributed by atoms with E-state index in [0.717, 1.165) is 6.08 Å². The van der Waals surface area contributed by atoms with E-state index >= 15 is 0 Å². The van der Waals surface area contributed by atoms with E-state index in [9.17, 15) is 14.9 Å². The molecular formula is C16H12ClN3O4. The molecule has 0 fully saturated rings. The van der Waals surface area contributed by atoms with Crippen molar-refractivity contribution in [3.63, 3.8) is 0 Å². The van der Waals surface area contributed by atoms with E-state index in [4.69, 9.17) is 17.3 Å². The van der Waals surface area contributed by atoms with Crippen molar-refractivity contribution in [3.8, 4) is 0 Å². The molecule has 2 N–H and O–H groups in total. The summed E-state index contributed by atoms with van der Waals surface area (Å²) in [5.41, 5.74) is 6.42. The third kappa shape index (κ3) is 4.65. The standard InChI is InChI=1S/C16H12ClN3O4/c17-14-7-2-1-4-11(14)8-9-15(21)24-19-16(18)12-5-3-6-13(10-12)20(22)23/h1-10H,(H2,18,19). The van der Waals surface area contributed by atoms with Gasteiger partial charge in [0.1, 0.15) is 0 Å². The maximum Gasteiger partial charge on any atom is 0.358 e. The lowest BCUT2D eigenvalue weighted by atomic mass is 10.2. The van der Waals surface area contributed by atoms with Crippen LogP contribution in [0, 0.1) is 10.1 Å². The molecule has 0 aliphatic heterocycles. The number of nitro groups is 1. The third-order valence-corrected chi connectivity index (χ3v) is 3.24. The molecule has 0 bridgehead atoms. The lowest BCUT2D eigenvalue weighted by molar-refractivity contribution is -0.384. The minimum Gasteiger partial charge on any atom is -0.380 e. The summed E-state index contributed by atoms with van der Waals surface area (Å²) in [7, 11) is 0. The Kier molecular flexibility index (Phi) is 5.64. The fraction of sp³-hybridized carbons (Fsp3) is 0. The Morgan fingerprint density at radius 3 is 2.71 bits per heavy atom. The number of nitro benzene ring substituents is 1. The largest absolute Gasteiger partial charge is 0.380 e. The van der Waals surface area contributed by atoms with Gasteiger partial charge >= 0.3 is 5.97 Å². The van der Waals surface area contributed by atoms with Gasteiger partial charge in [0.15, 0.2) is 5.84 Å². The molecule has 2 rings (SSSR count). The molecule has 0 amide bonds. The number of non-ortho nitro benzene ring substituents is 1. The van der Waals surface area contributed by atoms with Gasteiger partial charge in [0, 0.05) is 28.8 Å². The first kappa shape index (κ1) is 17.2. The monoisotopic (exact) mass is 345 g/mol. The Morgan fingerprint density at radius 1 is 1.25 bits per heavy atom.